The number of rotatable bonds is 1. The van der Waals surface area contributed by atoms with Crippen LogP contribution in [0.15, 0.2) is 28.4 Å². The van der Waals surface area contributed by atoms with Gasteiger partial charge in [-0.1, -0.05) is 36.2 Å². The summed E-state index contributed by atoms with van der Waals surface area (Å²) < 4.78 is 0. The van der Waals surface area contributed by atoms with Gasteiger partial charge in [0.15, 0.2) is 5.78 Å². The quantitative estimate of drug-likeness (QED) is 0.259. The maximum Gasteiger partial charge on any atom is 0.155 e. The van der Waals surface area contributed by atoms with Crippen molar-refractivity contribution >= 4 is 5.78 Å². The van der Waals surface area contributed by atoms with E-state index in [0.717, 1.165) is 19.3 Å². The van der Waals surface area contributed by atoms with Crippen LogP contribution in [-0.4, -0.2) is 11.8 Å². The molecule has 4 aliphatic rings. The van der Waals surface area contributed by atoms with Crippen LogP contribution in [0, 0.1) is 28.6 Å². The molecule has 0 spiro atoms. The van der Waals surface area contributed by atoms with E-state index in [-0.39, 0.29) is 16.9 Å². The molecule has 0 radical (unpaired) electrons. The van der Waals surface area contributed by atoms with E-state index in [1.54, 1.807) is 0 Å². The van der Waals surface area contributed by atoms with Crippen molar-refractivity contribution < 1.29 is 4.79 Å². The fraction of sp³-hybridized carbons (Fsp3) is 0.762. The highest BCUT2D eigenvalue weighted by atomic mass is 16.1. The molecule has 0 aromatic carbocycles. The number of hydrogen-bond acceptors (Lipinski definition) is 2. The molecule has 0 aromatic heterocycles. The van der Waals surface area contributed by atoms with E-state index < -0.39 is 0 Å². The Morgan fingerprint density at radius 3 is 2.72 bits per heavy atom. The summed E-state index contributed by atoms with van der Waals surface area (Å²) in [7, 11) is 0. The Balaban J connectivity index is 1.71. The normalized spacial score (nSPS) is 47.4. The van der Waals surface area contributed by atoms with Crippen LogP contribution in [0.25, 0.3) is 10.4 Å². The van der Waals surface area contributed by atoms with Crippen LogP contribution >= 0.6 is 0 Å². The molecule has 0 unspecified atom stereocenters. The number of nitrogens with zero attached hydrogens (tertiary/aromatic N) is 3. The highest BCUT2D eigenvalue weighted by Crippen LogP contribution is 2.66. The van der Waals surface area contributed by atoms with Crippen LogP contribution < -0.4 is 0 Å². The first-order valence-corrected chi connectivity index (χ1v) is 9.89. The maximum atomic E-state index is 11.9. The number of carbonyl (C=O) groups excluding carboxylic acids is 1. The minimum atomic E-state index is 0.0430. The third kappa shape index (κ3) is 2.26. The number of allylic oxidation sites excluding steroid dienone is 2. The molecule has 134 valence electrons. The smallest absolute Gasteiger partial charge is 0.155 e. The molecule has 0 bridgehead atoms. The van der Waals surface area contributed by atoms with E-state index in [1.165, 1.54) is 30.4 Å². The Morgan fingerprint density at radius 1 is 1.20 bits per heavy atom. The number of azide groups is 1. The molecule has 4 nitrogen and oxygen atoms in total. The molecule has 4 aliphatic carbocycles. The first-order valence-electron chi connectivity index (χ1n) is 9.89. The van der Waals surface area contributed by atoms with Crippen molar-refractivity contribution in [1.29, 1.82) is 0 Å². The molecule has 0 aromatic rings. The molecule has 3 fully saturated rings. The monoisotopic (exact) mass is 339 g/mol. The summed E-state index contributed by atoms with van der Waals surface area (Å²) >= 11 is 0. The Morgan fingerprint density at radius 2 is 2.00 bits per heavy atom. The number of carbonyl (C=O) groups is 1. The lowest BCUT2D eigenvalue weighted by Crippen LogP contribution is -2.49. The summed E-state index contributed by atoms with van der Waals surface area (Å²) in [4.78, 5) is 15.1. The van der Waals surface area contributed by atoms with Crippen molar-refractivity contribution in [2.45, 2.75) is 71.8 Å². The van der Waals surface area contributed by atoms with Crippen molar-refractivity contribution in [3.8, 4) is 0 Å². The third-order valence-corrected chi connectivity index (χ3v) is 8.35. The topological polar surface area (TPSA) is 65.8 Å². The molecule has 3 saturated carbocycles. The summed E-state index contributed by atoms with van der Waals surface area (Å²) in [6.07, 6.45) is 11.6. The Labute approximate surface area is 150 Å². The van der Waals surface area contributed by atoms with Gasteiger partial charge in [-0.05, 0) is 85.6 Å². The zero-order chi connectivity index (χ0) is 17.8. The van der Waals surface area contributed by atoms with Crippen LogP contribution in [0.5, 0.6) is 0 Å². The second-order valence-electron chi connectivity index (χ2n) is 9.13. The summed E-state index contributed by atoms with van der Waals surface area (Å²) in [5.74, 6) is 2.32. The van der Waals surface area contributed by atoms with Gasteiger partial charge in [-0.25, -0.2) is 0 Å². The van der Waals surface area contributed by atoms with E-state index in [9.17, 15) is 4.79 Å². The third-order valence-electron chi connectivity index (χ3n) is 8.35. The molecule has 0 saturated heterocycles. The molecule has 0 heterocycles. The van der Waals surface area contributed by atoms with Gasteiger partial charge in [0.05, 0.1) is 6.04 Å². The zero-order valence-electron chi connectivity index (χ0n) is 15.7. The Kier molecular flexibility index (Phi) is 3.88. The molecule has 4 heteroatoms. The predicted octanol–water partition coefficient (Wildman–Crippen LogP) is 5.75. The second kappa shape index (κ2) is 5.74. The first kappa shape index (κ1) is 16.9. The molecule has 0 aliphatic heterocycles. The zero-order valence-corrected chi connectivity index (χ0v) is 15.7. The van der Waals surface area contributed by atoms with Crippen molar-refractivity contribution in [3.63, 3.8) is 0 Å². The van der Waals surface area contributed by atoms with Gasteiger partial charge < -0.3 is 0 Å². The van der Waals surface area contributed by atoms with Crippen LogP contribution in [0.3, 0.4) is 0 Å². The van der Waals surface area contributed by atoms with Gasteiger partial charge in [-0.2, -0.15) is 0 Å². The van der Waals surface area contributed by atoms with Crippen molar-refractivity contribution in [1.82, 2.24) is 0 Å². The second-order valence-corrected chi connectivity index (χ2v) is 9.13. The highest BCUT2D eigenvalue weighted by molar-refractivity contribution is 5.91. The van der Waals surface area contributed by atoms with Crippen molar-refractivity contribution in [2.75, 3.05) is 0 Å². The van der Waals surface area contributed by atoms with Crippen molar-refractivity contribution in [3.05, 3.63) is 33.7 Å². The average molecular weight is 339 g/mol. The average Bonchev–Trinajstić information content (AvgIpc) is 2.87. The predicted molar refractivity (Wildman–Crippen MR) is 98.8 cm³/mol. The molecular weight excluding hydrogens is 310 g/mol. The lowest BCUT2D eigenvalue weighted by molar-refractivity contribution is -0.117. The molecular formula is C21H29N3O. The summed E-state index contributed by atoms with van der Waals surface area (Å²) in [5.41, 5.74) is 12.2. The summed E-state index contributed by atoms with van der Waals surface area (Å²) in [5, 5.41) is 4.15. The number of ketones is 1. The van der Waals surface area contributed by atoms with Crippen molar-refractivity contribution in [2.24, 2.45) is 33.7 Å². The van der Waals surface area contributed by atoms with E-state index in [2.05, 4.69) is 36.9 Å². The lowest BCUT2D eigenvalue weighted by atomic mass is 9.47. The van der Waals surface area contributed by atoms with Gasteiger partial charge in [0.1, 0.15) is 0 Å². The van der Waals surface area contributed by atoms with Crippen LogP contribution in [-0.2, 0) is 4.79 Å². The van der Waals surface area contributed by atoms with Gasteiger partial charge in [0, 0.05) is 11.3 Å². The van der Waals surface area contributed by atoms with Gasteiger partial charge in [0.2, 0.25) is 0 Å². The minimum absolute atomic E-state index is 0.0430. The largest absolute Gasteiger partial charge is 0.295 e. The van der Waals surface area contributed by atoms with Gasteiger partial charge in [0.25, 0.3) is 0 Å². The van der Waals surface area contributed by atoms with E-state index in [0.29, 0.717) is 30.0 Å². The fourth-order valence-electron chi connectivity index (χ4n) is 7.11. The molecule has 0 N–H and O–H groups in total. The highest BCUT2D eigenvalue weighted by Gasteiger charge is 2.59. The molecule has 0 amide bonds. The number of fused-ring (bicyclic) bond motifs is 5. The van der Waals surface area contributed by atoms with Gasteiger partial charge in [-0.3, -0.25) is 4.79 Å². The minimum Gasteiger partial charge on any atom is -0.295 e. The van der Waals surface area contributed by atoms with Crippen LogP contribution in [0.2, 0.25) is 0 Å². The number of hydrogen-bond donors (Lipinski definition) is 0. The van der Waals surface area contributed by atoms with E-state index in [1.807, 2.05) is 6.08 Å². The molecule has 25 heavy (non-hydrogen) atoms. The first-order chi connectivity index (χ1) is 11.9. The maximum absolute atomic E-state index is 11.9. The van der Waals surface area contributed by atoms with Crippen LogP contribution in [0.1, 0.15) is 65.7 Å². The molecule has 4 rings (SSSR count). The lowest BCUT2D eigenvalue weighted by Gasteiger charge is -2.57. The SMILES string of the molecule is C/C=C1/[C@@H](N=[N+]=[N-])C[C@H]2[C@@H]3CCC4=CC(=O)CC[C@]4(C)[C@H]3CC[C@]12C. The van der Waals surface area contributed by atoms with E-state index in [4.69, 9.17) is 5.53 Å². The molecule has 6 atom stereocenters. The Bertz CT molecular complexity index is 717. The van der Waals surface area contributed by atoms with Gasteiger partial charge in [-0.15, -0.1) is 0 Å². The standard InChI is InChI=1S/C21H29N3O/c1-4-16-19(23-24-22)12-18-15-6-5-13-11-14(25)7-9-20(13,2)17(15)8-10-21(16,18)3/h4,11,15,17-19H,5-10,12H2,1-3H3/b16-4-/t15-,17+,18+,19+,20+,21-/m1/s1. The fourth-order valence-corrected chi connectivity index (χ4v) is 7.11. The van der Waals surface area contributed by atoms with Gasteiger partial charge >= 0.3 is 0 Å². The summed E-state index contributed by atoms with van der Waals surface area (Å²) in [6.45, 7) is 6.93. The Hall–Kier alpha value is -1.54. The van der Waals surface area contributed by atoms with Crippen LogP contribution in [0.4, 0.5) is 0 Å². The summed E-state index contributed by atoms with van der Waals surface area (Å²) in [6, 6.07) is 0.0430. The van der Waals surface area contributed by atoms with E-state index >= 15 is 0 Å².